The van der Waals surface area contributed by atoms with E-state index in [0.717, 1.165) is 0 Å². The van der Waals surface area contributed by atoms with Gasteiger partial charge < -0.3 is 10.1 Å². The van der Waals surface area contributed by atoms with Gasteiger partial charge in [0.15, 0.2) is 0 Å². The number of benzene rings is 1. The van der Waals surface area contributed by atoms with Crippen LogP contribution in [0.4, 0.5) is 4.39 Å². The second kappa shape index (κ2) is 7.10. The molecule has 0 saturated heterocycles. The van der Waals surface area contributed by atoms with Crippen molar-refractivity contribution in [2.24, 2.45) is 0 Å². The van der Waals surface area contributed by atoms with E-state index in [9.17, 15) is 14.0 Å². The average molecular weight is 318 g/mol. The first-order chi connectivity index (χ1) is 8.56. The molecule has 0 heterocycles. The summed E-state index contributed by atoms with van der Waals surface area (Å²) in [5.41, 5.74) is 0.230. The first-order valence-corrected chi connectivity index (χ1v) is 6.14. The van der Waals surface area contributed by atoms with E-state index in [1.807, 2.05) is 0 Å². The zero-order chi connectivity index (χ0) is 13.5. The van der Waals surface area contributed by atoms with E-state index < -0.39 is 5.82 Å². The smallest absolute Gasteiger partial charge is 0.305 e. The van der Waals surface area contributed by atoms with Crippen LogP contribution in [-0.4, -0.2) is 25.5 Å². The van der Waals surface area contributed by atoms with E-state index in [2.05, 4.69) is 26.0 Å². The lowest BCUT2D eigenvalue weighted by Crippen LogP contribution is -2.25. The molecule has 0 unspecified atom stereocenters. The van der Waals surface area contributed by atoms with Crippen LogP contribution in [-0.2, 0) is 9.53 Å². The summed E-state index contributed by atoms with van der Waals surface area (Å²) in [5, 5.41) is 2.60. The molecule has 1 aromatic carbocycles. The van der Waals surface area contributed by atoms with Crippen molar-refractivity contribution >= 4 is 27.8 Å². The van der Waals surface area contributed by atoms with Gasteiger partial charge in [0.1, 0.15) is 5.82 Å². The van der Waals surface area contributed by atoms with Crippen LogP contribution in [0.3, 0.4) is 0 Å². The van der Waals surface area contributed by atoms with Crippen LogP contribution in [0.2, 0.25) is 0 Å². The van der Waals surface area contributed by atoms with Crippen molar-refractivity contribution in [3.05, 3.63) is 34.1 Å². The predicted octanol–water partition coefficient (Wildman–Crippen LogP) is 2.27. The van der Waals surface area contributed by atoms with E-state index in [-0.39, 0.29) is 28.3 Å². The first-order valence-electron chi connectivity index (χ1n) is 5.35. The van der Waals surface area contributed by atoms with Crippen molar-refractivity contribution < 1.29 is 18.7 Å². The third-order valence-electron chi connectivity index (χ3n) is 2.27. The van der Waals surface area contributed by atoms with Gasteiger partial charge in [-0.2, -0.15) is 0 Å². The summed E-state index contributed by atoms with van der Waals surface area (Å²) in [6.07, 6.45) is 0.715. The largest absolute Gasteiger partial charge is 0.469 e. The molecule has 1 aromatic rings. The summed E-state index contributed by atoms with van der Waals surface area (Å²) in [4.78, 5) is 22.5. The van der Waals surface area contributed by atoms with Crippen LogP contribution in [0.1, 0.15) is 23.2 Å². The Kier molecular flexibility index (Phi) is 5.77. The minimum Gasteiger partial charge on any atom is -0.469 e. The SMILES string of the molecule is COC(=O)CCCNC(=O)c1cccc(F)c1Br. The second-order valence-corrected chi connectivity index (χ2v) is 4.33. The Labute approximate surface area is 113 Å². The molecular weight excluding hydrogens is 305 g/mol. The third kappa shape index (κ3) is 4.10. The zero-order valence-corrected chi connectivity index (χ0v) is 11.4. The molecule has 0 spiro atoms. The zero-order valence-electron chi connectivity index (χ0n) is 9.83. The molecule has 0 saturated carbocycles. The fourth-order valence-electron chi connectivity index (χ4n) is 1.31. The number of nitrogens with one attached hydrogen (secondary N) is 1. The van der Waals surface area contributed by atoms with Crippen LogP contribution in [0.25, 0.3) is 0 Å². The maximum Gasteiger partial charge on any atom is 0.305 e. The lowest BCUT2D eigenvalue weighted by Gasteiger charge is -2.06. The monoisotopic (exact) mass is 317 g/mol. The highest BCUT2D eigenvalue weighted by Crippen LogP contribution is 2.20. The van der Waals surface area contributed by atoms with Crippen molar-refractivity contribution in [3.63, 3.8) is 0 Å². The quantitative estimate of drug-likeness (QED) is 0.669. The number of methoxy groups -OCH3 is 1. The number of halogens is 2. The van der Waals surface area contributed by atoms with Gasteiger partial charge in [-0.25, -0.2) is 4.39 Å². The van der Waals surface area contributed by atoms with Gasteiger partial charge in [-0.05, 0) is 34.5 Å². The minimum atomic E-state index is -0.489. The molecule has 0 radical (unpaired) electrons. The fraction of sp³-hybridized carbons (Fsp3) is 0.333. The molecule has 18 heavy (non-hydrogen) atoms. The van der Waals surface area contributed by atoms with Gasteiger partial charge in [0.25, 0.3) is 5.91 Å². The molecule has 98 valence electrons. The summed E-state index contributed by atoms with van der Waals surface area (Å²) in [7, 11) is 1.31. The summed E-state index contributed by atoms with van der Waals surface area (Å²) in [5.74, 6) is -1.19. The van der Waals surface area contributed by atoms with Crippen molar-refractivity contribution in [1.82, 2.24) is 5.32 Å². The van der Waals surface area contributed by atoms with E-state index in [1.54, 1.807) is 0 Å². The lowest BCUT2D eigenvalue weighted by atomic mass is 10.2. The molecule has 0 aliphatic rings. The average Bonchev–Trinajstić information content (AvgIpc) is 2.37. The van der Waals surface area contributed by atoms with Gasteiger partial charge in [-0.1, -0.05) is 6.07 Å². The number of rotatable bonds is 5. The molecule has 0 atom stereocenters. The van der Waals surface area contributed by atoms with E-state index in [4.69, 9.17) is 0 Å². The molecule has 1 N–H and O–H groups in total. The van der Waals surface area contributed by atoms with Crippen LogP contribution in [0.5, 0.6) is 0 Å². The Morgan fingerprint density at radius 1 is 1.44 bits per heavy atom. The van der Waals surface area contributed by atoms with Crippen LogP contribution in [0, 0.1) is 5.82 Å². The van der Waals surface area contributed by atoms with Gasteiger partial charge in [0, 0.05) is 13.0 Å². The number of esters is 1. The highest BCUT2D eigenvalue weighted by Gasteiger charge is 2.12. The number of carbonyl (C=O) groups excluding carboxylic acids is 2. The first kappa shape index (κ1) is 14.6. The van der Waals surface area contributed by atoms with Crippen molar-refractivity contribution in [3.8, 4) is 0 Å². The van der Waals surface area contributed by atoms with Gasteiger partial charge in [-0.15, -0.1) is 0 Å². The highest BCUT2D eigenvalue weighted by atomic mass is 79.9. The topological polar surface area (TPSA) is 55.4 Å². The molecule has 4 nitrogen and oxygen atoms in total. The molecule has 0 aliphatic heterocycles. The van der Waals surface area contributed by atoms with E-state index in [1.165, 1.54) is 25.3 Å². The Bertz CT molecular complexity index is 451. The third-order valence-corrected chi connectivity index (χ3v) is 3.07. The van der Waals surface area contributed by atoms with Crippen molar-refractivity contribution in [1.29, 1.82) is 0 Å². The molecule has 0 bridgehead atoms. The number of hydrogen-bond donors (Lipinski definition) is 1. The maximum absolute atomic E-state index is 13.2. The fourth-order valence-corrected chi connectivity index (χ4v) is 1.76. The predicted molar refractivity (Wildman–Crippen MR) is 67.7 cm³/mol. The molecular formula is C12H13BrFNO3. The number of hydrogen-bond acceptors (Lipinski definition) is 3. The van der Waals surface area contributed by atoms with Gasteiger partial charge >= 0.3 is 5.97 Å². The Hall–Kier alpha value is -1.43. The summed E-state index contributed by atoms with van der Waals surface area (Å²) < 4.78 is 17.8. The lowest BCUT2D eigenvalue weighted by molar-refractivity contribution is -0.140. The Balaban J connectivity index is 2.46. The van der Waals surface area contributed by atoms with Crippen LogP contribution >= 0.6 is 15.9 Å². The van der Waals surface area contributed by atoms with Crippen LogP contribution < -0.4 is 5.32 Å². The normalized spacial score (nSPS) is 9.94. The summed E-state index contributed by atoms with van der Waals surface area (Å²) in [6.45, 7) is 0.330. The second-order valence-electron chi connectivity index (χ2n) is 3.54. The number of carbonyl (C=O) groups is 2. The molecule has 6 heteroatoms. The van der Waals surface area contributed by atoms with Gasteiger partial charge in [-0.3, -0.25) is 9.59 Å². The molecule has 1 rings (SSSR count). The molecule has 0 aliphatic carbocycles. The Morgan fingerprint density at radius 2 is 2.17 bits per heavy atom. The van der Waals surface area contributed by atoms with Gasteiger partial charge in [0.05, 0.1) is 17.1 Å². The Morgan fingerprint density at radius 3 is 2.83 bits per heavy atom. The van der Waals surface area contributed by atoms with Crippen molar-refractivity contribution in [2.75, 3.05) is 13.7 Å². The van der Waals surface area contributed by atoms with E-state index in [0.29, 0.717) is 13.0 Å². The molecule has 0 fully saturated rings. The standard InChI is InChI=1S/C12H13BrFNO3/c1-18-10(16)6-3-7-15-12(17)8-4-2-5-9(14)11(8)13/h2,4-5H,3,6-7H2,1H3,(H,15,17). The summed E-state index contributed by atoms with van der Waals surface area (Å²) in [6, 6.07) is 4.24. The highest BCUT2D eigenvalue weighted by molar-refractivity contribution is 9.10. The maximum atomic E-state index is 13.2. The number of ether oxygens (including phenoxy) is 1. The van der Waals surface area contributed by atoms with Crippen LogP contribution in [0.15, 0.2) is 22.7 Å². The molecule has 0 aromatic heterocycles. The minimum absolute atomic E-state index is 0.135. The van der Waals surface area contributed by atoms with E-state index >= 15 is 0 Å². The van der Waals surface area contributed by atoms with Crippen molar-refractivity contribution in [2.45, 2.75) is 12.8 Å². The molecule has 1 amide bonds. The number of amides is 1. The summed E-state index contributed by atoms with van der Waals surface area (Å²) >= 11 is 3.01. The van der Waals surface area contributed by atoms with Gasteiger partial charge in [0.2, 0.25) is 0 Å².